The van der Waals surface area contributed by atoms with Crippen LogP contribution in [0.4, 0.5) is 5.69 Å². The van der Waals surface area contributed by atoms with Gasteiger partial charge in [-0.2, -0.15) is 0 Å². The van der Waals surface area contributed by atoms with Gasteiger partial charge in [0.2, 0.25) is 5.91 Å². The van der Waals surface area contributed by atoms with Crippen LogP contribution in [0.2, 0.25) is 0 Å². The summed E-state index contributed by atoms with van der Waals surface area (Å²) in [6, 6.07) is 9.43. The number of para-hydroxylation sites is 1. The van der Waals surface area contributed by atoms with Gasteiger partial charge in [0.25, 0.3) is 0 Å². The van der Waals surface area contributed by atoms with Crippen LogP contribution in [0.25, 0.3) is 0 Å². The predicted octanol–water partition coefficient (Wildman–Crippen LogP) is 4.52. The van der Waals surface area contributed by atoms with Gasteiger partial charge in [0.15, 0.2) is 0 Å². The first-order valence-corrected chi connectivity index (χ1v) is 8.25. The molecule has 1 aromatic carbocycles. The van der Waals surface area contributed by atoms with Crippen molar-refractivity contribution in [2.24, 2.45) is 0 Å². The molecule has 1 rings (SSSR count). The Morgan fingerprint density at radius 2 is 1.71 bits per heavy atom. The summed E-state index contributed by atoms with van der Waals surface area (Å²) in [5.74, 6) is -0.0248. The number of anilines is 1. The Labute approximate surface area is 128 Å². The van der Waals surface area contributed by atoms with E-state index in [9.17, 15) is 9.90 Å². The van der Waals surface area contributed by atoms with E-state index in [1.54, 1.807) is 0 Å². The molecule has 0 spiro atoms. The average Bonchev–Trinajstić information content (AvgIpc) is 2.50. The Kier molecular flexibility index (Phi) is 9.55. The van der Waals surface area contributed by atoms with Crippen molar-refractivity contribution in [1.82, 2.24) is 0 Å². The molecule has 0 heterocycles. The first kappa shape index (κ1) is 17.7. The van der Waals surface area contributed by atoms with Gasteiger partial charge in [-0.1, -0.05) is 63.6 Å². The molecule has 1 aromatic rings. The number of nitrogens with one attached hydrogen (secondary N) is 1. The van der Waals surface area contributed by atoms with Gasteiger partial charge < -0.3 is 10.4 Å². The number of rotatable bonds is 11. The third kappa shape index (κ3) is 9.24. The normalized spacial score (nSPS) is 12.1. The monoisotopic (exact) mass is 291 g/mol. The van der Waals surface area contributed by atoms with Gasteiger partial charge in [-0.25, -0.2) is 0 Å². The number of carbonyl (C=O) groups excluding carboxylic acids is 1. The fourth-order valence-electron chi connectivity index (χ4n) is 2.35. The first-order valence-electron chi connectivity index (χ1n) is 8.25. The second-order valence-corrected chi connectivity index (χ2v) is 5.66. The number of hydrogen-bond donors (Lipinski definition) is 2. The molecule has 0 aromatic heterocycles. The molecule has 0 saturated heterocycles. The number of amides is 1. The van der Waals surface area contributed by atoms with Crippen LogP contribution in [-0.2, 0) is 4.79 Å². The van der Waals surface area contributed by atoms with E-state index in [0.29, 0.717) is 12.8 Å². The molecule has 0 fully saturated rings. The van der Waals surface area contributed by atoms with E-state index in [-0.39, 0.29) is 12.0 Å². The lowest BCUT2D eigenvalue weighted by Gasteiger charge is -2.10. The topological polar surface area (TPSA) is 49.3 Å². The van der Waals surface area contributed by atoms with Crippen LogP contribution in [0.15, 0.2) is 30.3 Å². The molecule has 3 nitrogen and oxygen atoms in total. The van der Waals surface area contributed by atoms with E-state index in [1.165, 1.54) is 32.1 Å². The Morgan fingerprint density at radius 1 is 1.05 bits per heavy atom. The molecule has 1 atom stereocenters. The van der Waals surface area contributed by atoms with E-state index in [1.807, 2.05) is 30.3 Å². The Balaban J connectivity index is 2.04. The molecule has 0 radical (unpaired) electrons. The van der Waals surface area contributed by atoms with Crippen molar-refractivity contribution in [2.45, 2.75) is 70.8 Å². The first-order chi connectivity index (χ1) is 10.2. The maximum Gasteiger partial charge on any atom is 0.224 e. The minimum Gasteiger partial charge on any atom is -0.393 e. The number of unbranched alkanes of at least 4 members (excludes halogenated alkanes) is 5. The highest BCUT2D eigenvalue weighted by Gasteiger charge is 2.08. The summed E-state index contributed by atoms with van der Waals surface area (Å²) in [5, 5.41) is 12.7. The van der Waals surface area contributed by atoms with Gasteiger partial charge in [-0.3, -0.25) is 4.79 Å². The third-order valence-corrected chi connectivity index (χ3v) is 3.65. The maximum atomic E-state index is 11.7. The molecule has 2 N–H and O–H groups in total. The fourth-order valence-corrected chi connectivity index (χ4v) is 2.35. The van der Waals surface area contributed by atoms with Crippen LogP contribution in [0.5, 0.6) is 0 Å². The van der Waals surface area contributed by atoms with Crippen molar-refractivity contribution in [1.29, 1.82) is 0 Å². The van der Waals surface area contributed by atoms with Crippen LogP contribution in [0.3, 0.4) is 0 Å². The Hall–Kier alpha value is -1.35. The van der Waals surface area contributed by atoms with Crippen molar-refractivity contribution >= 4 is 11.6 Å². The zero-order valence-electron chi connectivity index (χ0n) is 13.2. The molecule has 1 amide bonds. The fraction of sp³-hybridized carbons (Fsp3) is 0.611. The van der Waals surface area contributed by atoms with Crippen molar-refractivity contribution in [2.75, 3.05) is 5.32 Å². The molecule has 0 aliphatic rings. The SMILES string of the molecule is CCCCCCCCC(O)CCC(=O)Nc1ccccc1. The van der Waals surface area contributed by atoms with Gasteiger partial charge in [0.05, 0.1) is 6.10 Å². The van der Waals surface area contributed by atoms with Crippen LogP contribution >= 0.6 is 0 Å². The molecule has 3 heteroatoms. The number of hydrogen-bond acceptors (Lipinski definition) is 2. The second kappa shape index (κ2) is 11.3. The summed E-state index contributed by atoms with van der Waals surface area (Å²) in [4.78, 5) is 11.7. The highest BCUT2D eigenvalue weighted by molar-refractivity contribution is 5.90. The minimum atomic E-state index is -0.349. The lowest BCUT2D eigenvalue weighted by atomic mass is 10.0. The average molecular weight is 291 g/mol. The van der Waals surface area contributed by atoms with Gasteiger partial charge in [0.1, 0.15) is 0 Å². The number of carbonyl (C=O) groups is 1. The van der Waals surface area contributed by atoms with Crippen molar-refractivity contribution in [3.8, 4) is 0 Å². The standard InChI is InChI=1S/C18H29NO2/c1-2-3-4-5-6-10-13-17(20)14-15-18(21)19-16-11-8-7-9-12-16/h7-9,11-12,17,20H,2-6,10,13-15H2,1H3,(H,19,21). The molecule has 0 saturated carbocycles. The van der Waals surface area contributed by atoms with Gasteiger partial charge in [-0.05, 0) is 25.0 Å². The van der Waals surface area contributed by atoms with E-state index in [0.717, 1.165) is 18.5 Å². The van der Waals surface area contributed by atoms with Gasteiger partial charge in [-0.15, -0.1) is 0 Å². The van der Waals surface area contributed by atoms with Crippen molar-refractivity contribution in [3.63, 3.8) is 0 Å². The molecule has 0 aliphatic heterocycles. The largest absolute Gasteiger partial charge is 0.393 e. The van der Waals surface area contributed by atoms with Crippen LogP contribution in [0, 0.1) is 0 Å². The summed E-state index contributed by atoms with van der Waals surface area (Å²) in [6.07, 6.45) is 8.77. The zero-order chi connectivity index (χ0) is 15.3. The van der Waals surface area contributed by atoms with E-state index < -0.39 is 0 Å². The summed E-state index contributed by atoms with van der Waals surface area (Å²) < 4.78 is 0. The molecule has 1 unspecified atom stereocenters. The molecule has 21 heavy (non-hydrogen) atoms. The van der Waals surface area contributed by atoms with Gasteiger partial charge in [0, 0.05) is 12.1 Å². The number of aliphatic hydroxyl groups is 1. The van der Waals surface area contributed by atoms with Gasteiger partial charge >= 0.3 is 0 Å². The Bertz CT molecular complexity index is 378. The summed E-state index contributed by atoms with van der Waals surface area (Å²) in [7, 11) is 0. The molecule has 118 valence electrons. The van der Waals surface area contributed by atoms with Crippen LogP contribution in [0.1, 0.15) is 64.7 Å². The Morgan fingerprint density at radius 3 is 2.43 bits per heavy atom. The maximum absolute atomic E-state index is 11.7. The molecular formula is C18H29NO2. The number of benzene rings is 1. The van der Waals surface area contributed by atoms with Crippen LogP contribution in [-0.4, -0.2) is 17.1 Å². The molecular weight excluding hydrogens is 262 g/mol. The quantitative estimate of drug-likeness (QED) is 0.589. The summed E-state index contributed by atoms with van der Waals surface area (Å²) in [6.45, 7) is 2.21. The molecule has 0 aliphatic carbocycles. The summed E-state index contributed by atoms with van der Waals surface area (Å²) >= 11 is 0. The molecule has 0 bridgehead atoms. The number of aliphatic hydroxyl groups excluding tert-OH is 1. The highest BCUT2D eigenvalue weighted by Crippen LogP contribution is 2.12. The minimum absolute atomic E-state index is 0.0248. The zero-order valence-corrected chi connectivity index (χ0v) is 13.2. The highest BCUT2D eigenvalue weighted by atomic mass is 16.3. The lowest BCUT2D eigenvalue weighted by Crippen LogP contribution is -2.15. The lowest BCUT2D eigenvalue weighted by molar-refractivity contribution is -0.116. The van der Waals surface area contributed by atoms with E-state index >= 15 is 0 Å². The third-order valence-electron chi connectivity index (χ3n) is 3.65. The second-order valence-electron chi connectivity index (χ2n) is 5.66. The smallest absolute Gasteiger partial charge is 0.224 e. The summed E-state index contributed by atoms with van der Waals surface area (Å²) in [5.41, 5.74) is 0.813. The van der Waals surface area contributed by atoms with E-state index in [2.05, 4.69) is 12.2 Å². The van der Waals surface area contributed by atoms with Crippen molar-refractivity contribution in [3.05, 3.63) is 30.3 Å². The van der Waals surface area contributed by atoms with Crippen molar-refractivity contribution < 1.29 is 9.90 Å². The predicted molar refractivity (Wildman–Crippen MR) is 88.3 cm³/mol. The van der Waals surface area contributed by atoms with Crippen LogP contribution < -0.4 is 5.32 Å². The van der Waals surface area contributed by atoms with E-state index in [4.69, 9.17) is 0 Å².